The van der Waals surface area contributed by atoms with E-state index >= 15 is 0 Å². The lowest BCUT2D eigenvalue weighted by Crippen LogP contribution is -1.95. The molecule has 94 valence electrons. The summed E-state index contributed by atoms with van der Waals surface area (Å²) in [6, 6.07) is 11.4. The summed E-state index contributed by atoms with van der Waals surface area (Å²) in [5.74, 6) is 1.04. The summed E-state index contributed by atoms with van der Waals surface area (Å²) >= 11 is 0. The predicted molar refractivity (Wildman–Crippen MR) is 70.9 cm³/mol. The number of rotatable bonds is 3. The Morgan fingerprint density at radius 3 is 2.68 bits per heavy atom. The summed E-state index contributed by atoms with van der Waals surface area (Å²) < 4.78 is 5.28. The molecule has 0 unspecified atom stereocenters. The van der Waals surface area contributed by atoms with Crippen LogP contribution in [0.3, 0.4) is 0 Å². The summed E-state index contributed by atoms with van der Waals surface area (Å²) in [5, 5.41) is 3.97. The minimum absolute atomic E-state index is 0.485. The number of aromatic nitrogens is 3. The van der Waals surface area contributed by atoms with E-state index in [4.69, 9.17) is 10.3 Å². The van der Waals surface area contributed by atoms with Crippen molar-refractivity contribution in [3.63, 3.8) is 0 Å². The molecule has 0 aliphatic heterocycles. The molecule has 0 radical (unpaired) electrons. The van der Waals surface area contributed by atoms with Gasteiger partial charge >= 0.3 is 0 Å². The van der Waals surface area contributed by atoms with Gasteiger partial charge in [0.1, 0.15) is 0 Å². The van der Waals surface area contributed by atoms with Crippen LogP contribution < -0.4 is 5.73 Å². The predicted octanol–water partition coefficient (Wildman–Crippen LogP) is 2.26. The van der Waals surface area contributed by atoms with Gasteiger partial charge in [0.05, 0.1) is 0 Å². The Morgan fingerprint density at radius 1 is 1.05 bits per heavy atom. The quantitative estimate of drug-likeness (QED) is 0.773. The highest BCUT2D eigenvalue weighted by Gasteiger charge is 2.10. The van der Waals surface area contributed by atoms with Crippen molar-refractivity contribution in [2.45, 2.75) is 6.54 Å². The molecule has 0 atom stereocenters. The van der Waals surface area contributed by atoms with Gasteiger partial charge in [-0.15, -0.1) is 0 Å². The summed E-state index contributed by atoms with van der Waals surface area (Å²) in [6.07, 6.45) is 3.39. The maximum Gasteiger partial charge on any atom is 0.258 e. The molecule has 0 aliphatic carbocycles. The molecule has 2 aromatic heterocycles. The summed E-state index contributed by atoms with van der Waals surface area (Å²) in [7, 11) is 0. The lowest BCUT2D eigenvalue weighted by molar-refractivity contribution is 0.432. The van der Waals surface area contributed by atoms with Crippen LogP contribution in [0.2, 0.25) is 0 Å². The van der Waals surface area contributed by atoms with Crippen molar-refractivity contribution in [2.75, 3.05) is 0 Å². The highest BCUT2D eigenvalue weighted by molar-refractivity contribution is 5.59. The maximum atomic E-state index is 5.62. The number of nitrogens with two attached hydrogens (primary N) is 1. The molecule has 0 spiro atoms. The smallest absolute Gasteiger partial charge is 0.258 e. The zero-order chi connectivity index (χ0) is 13.1. The van der Waals surface area contributed by atoms with Gasteiger partial charge in [-0.05, 0) is 29.8 Å². The molecule has 0 saturated heterocycles. The van der Waals surface area contributed by atoms with E-state index in [-0.39, 0.29) is 0 Å². The number of pyridine rings is 1. The SMILES string of the molecule is NCc1cccc(-c2nc(-c3ccncc3)no2)c1. The first kappa shape index (κ1) is 11.6. The molecule has 0 saturated carbocycles. The van der Waals surface area contributed by atoms with Gasteiger partial charge in [0.15, 0.2) is 0 Å². The average molecular weight is 252 g/mol. The lowest BCUT2D eigenvalue weighted by atomic mass is 10.1. The third kappa shape index (κ3) is 2.36. The number of hydrogen-bond acceptors (Lipinski definition) is 5. The normalized spacial score (nSPS) is 10.6. The Labute approximate surface area is 110 Å². The molecule has 3 rings (SSSR count). The van der Waals surface area contributed by atoms with Crippen LogP contribution in [0.1, 0.15) is 5.56 Å². The van der Waals surface area contributed by atoms with Gasteiger partial charge in [-0.1, -0.05) is 17.3 Å². The lowest BCUT2D eigenvalue weighted by Gasteiger charge is -1.98. The number of benzene rings is 1. The summed E-state index contributed by atoms with van der Waals surface area (Å²) in [6.45, 7) is 0.485. The molecule has 1 aromatic carbocycles. The largest absolute Gasteiger partial charge is 0.334 e. The van der Waals surface area contributed by atoms with E-state index in [0.29, 0.717) is 18.3 Å². The van der Waals surface area contributed by atoms with Crippen LogP contribution in [0, 0.1) is 0 Å². The molecule has 0 bridgehead atoms. The van der Waals surface area contributed by atoms with Crippen molar-refractivity contribution in [1.82, 2.24) is 15.1 Å². The Bertz CT molecular complexity index is 679. The average Bonchev–Trinajstić information content (AvgIpc) is 2.98. The Hall–Kier alpha value is -2.53. The van der Waals surface area contributed by atoms with Crippen molar-refractivity contribution in [1.29, 1.82) is 0 Å². The zero-order valence-corrected chi connectivity index (χ0v) is 10.2. The highest BCUT2D eigenvalue weighted by atomic mass is 16.5. The van der Waals surface area contributed by atoms with E-state index in [1.54, 1.807) is 12.4 Å². The van der Waals surface area contributed by atoms with E-state index in [2.05, 4.69) is 15.1 Å². The van der Waals surface area contributed by atoms with E-state index in [1.165, 1.54) is 0 Å². The first-order valence-electron chi connectivity index (χ1n) is 5.90. The van der Waals surface area contributed by atoms with E-state index in [0.717, 1.165) is 16.7 Å². The standard InChI is InChI=1S/C14H12N4O/c15-9-10-2-1-3-12(8-10)14-17-13(18-19-14)11-4-6-16-7-5-11/h1-8H,9,15H2. The molecule has 0 aliphatic rings. The molecule has 5 nitrogen and oxygen atoms in total. The molecule has 2 N–H and O–H groups in total. The van der Waals surface area contributed by atoms with Crippen molar-refractivity contribution in [3.8, 4) is 22.8 Å². The van der Waals surface area contributed by atoms with E-state index < -0.39 is 0 Å². The zero-order valence-electron chi connectivity index (χ0n) is 10.2. The molecule has 19 heavy (non-hydrogen) atoms. The number of nitrogens with zero attached hydrogens (tertiary/aromatic N) is 3. The Kier molecular flexibility index (Phi) is 3.04. The van der Waals surface area contributed by atoms with Gasteiger partial charge < -0.3 is 10.3 Å². The van der Waals surface area contributed by atoms with Crippen LogP contribution in [0.25, 0.3) is 22.8 Å². The number of hydrogen-bond donors (Lipinski definition) is 1. The van der Waals surface area contributed by atoms with Gasteiger partial charge in [0.25, 0.3) is 5.89 Å². The molecule has 0 fully saturated rings. The molecule has 3 aromatic rings. The molecular weight excluding hydrogens is 240 g/mol. The fourth-order valence-electron chi connectivity index (χ4n) is 1.79. The van der Waals surface area contributed by atoms with Crippen LogP contribution in [-0.2, 0) is 6.54 Å². The van der Waals surface area contributed by atoms with Crippen molar-refractivity contribution in [2.24, 2.45) is 5.73 Å². The topological polar surface area (TPSA) is 77.8 Å². The van der Waals surface area contributed by atoms with Gasteiger partial charge in [0.2, 0.25) is 5.82 Å². The van der Waals surface area contributed by atoms with Crippen LogP contribution >= 0.6 is 0 Å². The molecule has 0 amide bonds. The Balaban J connectivity index is 1.97. The van der Waals surface area contributed by atoms with Crippen LogP contribution in [0.15, 0.2) is 53.3 Å². The van der Waals surface area contributed by atoms with Crippen molar-refractivity contribution < 1.29 is 4.52 Å². The third-order valence-electron chi connectivity index (χ3n) is 2.77. The fourth-order valence-corrected chi connectivity index (χ4v) is 1.79. The second-order valence-corrected chi connectivity index (χ2v) is 4.06. The van der Waals surface area contributed by atoms with Gasteiger partial charge in [0, 0.05) is 30.1 Å². The molecule has 2 heterocycles. The van der Waals surface area contributed by atoms with Crippen LogP contribution in [0.4, 0.5) is 0 Å². The van der Waals surface area contributed by atoms with Crippen LogP contribution in [-0.4, -0.2) is 15.1 Å². The minimum atomic E-state index is 0.485. The second kappa shape index (κ2) is 4.99. The first-order valence-corrected chi connectivity index (χ1v) is 5.90. The van der Waals surface area contributed by atoms with Crippen LogP contribution in [0.5, 0.6) is 0 Å². The summed E-state index contributed by atoms with van der Waals surface area (Å²) in [4.78, 5) is 8.34. The maximum absolute atomic E-state index is 5.62. The molecule has 5 heteroatoms. The first-order chi connectivity index (χ1) is 9.36. The third-order valence-corrected chi connectivity index (χ3v) is 2.77. The monoisotopic (exact) mass is 252 g/mol. The van der Waals surface area contributed by atoms with Crippen molar-refractivity contribution in [3.05, 3.63) is 54.4 Å². The van der Waals surface area contributed by atoms with Gasteiger partial charge in [-0.2, -0.15) is 4.98 Å². The minimum Gasteiger partial charge on any atom is -0.334 e. The van der Waals surface area contributed by atoms with Crippen molar-refractivity contribution >= 4 is 0 Å². The van der Waals surface area contributed by atoms with E-state index in [9.17, 15) is 0 Å². The van der Waals surface area contributed by atoms with Gasteiger partial charge in [-0.25, -0.2) is 0 Å². The van der Waals surface area contributed by atoms with Gasteiger partial charge in [-0.3, -0.25) is 4.98 Å². The Morgan fingerprint density at radius 2 is 1.89 bits per heavy atom. The second-order valence-electron chi connectivity index (χ2n) is 4.06. The summed E-state index contributed by atoms with van der Waals surface area (Å²) in [5.41, 5.74) is 8.39. The molecular formula is C14H12N4O. The van der Waals surface area contributed by atoms with E-state index in [1.807, 2.05) is 36.4 Å². The highest BCUT2D eigenvalue weighted by Crippen LogP contribution is 2.22. The fraction of sp³-hybridized carbons (Fsp3) is 0.0714.